The summed E-state index contributed by atoms with van der Waals surface area (Å²) in [6.45, 7) is 5.41. The number of halogens is 1. The Labute approximate surface area is 107 Å². The molecule has 0 saturated carbocycles. The minimum atomic E-state index is -0.302. The van der Waals surface area contributed by atoms with Gasteiger partial charge in [0.15, 0.2) is 0 Å². The molecule has 2 atom stereocenters. The number of benzene rings is 1. The lowest BCUT2D eigenvalue weighted by atomic mass is 9.87. The van der Waals surface area contributed by atoms with Gasteiger partial charge in [0.1, 0.15) is 11.6 Å². The quantitative estimate of drug-likeness (QED) is 0.864. The molecule has 0 radical (unpaired) electrons. The molecule has 3 nitrogen and oxygen atoms in total. The molecule has 1 aliphatic heterocycles. The molecule has 18 heavy (non-hydrogen) atoms. The fraction of sp³-hybridized carbons (Fsp3) is 0.571. The highest BCUT2D eigenvalue weighted by Gasteiger charge is 2.25. The van der Waals surface area contributed by atoms with Gasteiger partial charge in [0, 0.05) is 18.7 Å². The van der Waals surface area contributed by atoms with E-state index in [9.17, 15) is 9.50 Å². The third-order valence-electron chi connectivity index (χ3n) is 3.94. The monoisotopic (exact) mass is 252 g/mol. The van der Waals surface area contributed by atoms with Crippen LogP contribution in [0.5, 0.6) is 5.75 Å². The fourth-order valence-corrected chi connectivity index (χ4v) is 2.60. The third kappa shape index (κ3) is 3.00. The van der Waals surface area contributed by atoms with Gasteiger partial charge in [-0.15, -0.1) is 0 Å². The van der Waals surface area contributed by atoms with Crippen molar-refractivity contribution < 1.29 is 9.50 Å². The Morgan fingerprint density at radius 2 is 2.28 bits per heavy atom. The van der Waals surface area contributed by atoms with E-state index in [-0.39, 0.29) is 11.6 Å². The van der Waals surface area contributed by atoms with Crippen molar-refractivity contribution in [3.05, 3.63) is 29.6 Å². The summed E-state index contributed by atoms with van der Waals surface area (Å²) in [6.07, 6.45) is 1.11. The van der Waals surface area contributed by atoms with Crippen molar-refractivity contribution in [3.8, 4) is 5.75 Å². The molecule has 1 fully saturated rings. The van der Waals surface area contributed by atoms with Gasteiger partial charge in [0.05, 0.1) is 0 Å². The molecule has 1 aromatic rings. The van der Waals surface area contributed by atoms with Crippen LogP contribution in [0.15, 0.2) is 18.2 Å². The molecule has 0 spiro atoms. The second kappa shape index (κ2) is 5.67. The van der Waals surface area contributed by atoms with Crippen LogP contribution in [0.1, 0.15) is 18.9 Å². The summed E-state index contributed by atoms with van der Waals surface area (Å²) in [5.74, 6) is 1.00. The average molecular weight is 252 g/mol. The topological polar surface area (TPSA) is 49.5 Å². The Morgan fingerprint density at radius 1 is 1.50 bits per heavy atom. The molecule has 2 rings (SSSR count). The van der Waals surface area contributed by atoms with Gasteiger partial charge >= 0.3 is 0 Å². The number of nitrogens with zero attached hydrogens (tertiary/aromatic N) is 1. The number of hydrogen-bond acceptors (Lipinski definition) is 3. The number of phenols is 1. The van der Waals surface area contributed by atoms with Crippen molar-refractivity contribution in [2.45, 2.75) is 19.9 Å². The van der Waals surface area contributed by atoms with Crippen molar-refractivity contribution in [3.63, 3.8) is 0 Å². The van der Waals surface area contributed by atoms with Crippen LogP contribution in [0.4, 0.5) is 4.39 Å². The molecule has 1 aromatic carbocycles. The standard InChI is InChI=1S/C14H21FN2O/c1-10-4-5-17(9-12(10)7-16)8-11-6-13(15)2-3-14(11)18/h2-3,6,10,12,18H,4-5,7-9,16H2,1H3. The van der Waals surface area contributed by atoms with E-state index >= 15 is 0 Å². The SMILES string of the molecule is CC1CCN(Cc2cc(F)ccc2O)CC1CN. The maximum absolute atomic E-state index is 13.2. The summed E-state index contributed by atoms with van der Waals surface area (Å²) >= 11 is 0. The highest BCUT2D eigenvalue weighted by Crippen LogP contribution is 2.26. The van der Waals surface area contributed by atoms with Crippen molar-refractivity contribution in [2.24, 2.45) is 17.6 Å². The van der Waals surface area contributed by atoms with Crippen LogP contribution in [0.2, 0.25) is 0 Å². The second-order valence-electron chi connectivity index (χ2n) is 5.27. The maximum Gasteiger partial charge on any atom is 0.123 e. The van der Waals surface area contributed by atoms with Crippen molar-refractivity contribution in [2.75, 3.05) is 19.6 Å². The first-order valence-electron chi connectivity index (χ1n) is 6.50. The summed E-state index contributed by atoms with van der Waals surface area (Å²) in [7, 11) is 0. The molecule has 100 valence electrons. The Bertz CT molecular complexity index is 411. The van der Waals surface area contributed by atoms with Crippen LogP contribution < -0.4 is 5.73 Å². The molecule has 0 bridgehead atoms. The van der Waals surface area contributed by atoms with E-state index < -0.39 is 0 Å². The number of aromatic hydroxyl groups is 1. The van der Waals surface area contributed by atoms with Gasteiger partial charge in [-0.1, -0.05) is 6.92 Å². The van der Waals surface area contributed by atoms with Crippen LogP contribution in [0.25, 0.3) is 0 Å². The van der Waals surface area contributed by atoms with Crippen molar-refractivity contribution in [1.29, 1.82) is 0 Å². The minimum absolute atomic E-state index is 0.166. The van der Waals surface area contributed by atoms with Crippen LogP contribution in [-0.2, 0) is 6.54 Å². The average Bonchev–Trinajstić information content (AvgIpc) is 2.36. The zero-order valence-electron chi connectivity index (χ0n) is 10.8. The Hall–Kier alpha value is -1.13. The molecular weight excluding hydrogens is 231 g/mol. The van der Waals surface area contributed by atoms with Crippen molar-refractivity contribution in [1.82, 2.24) is 4.90 Å². The Morgan fingerprint density at radius 3 is 3.00 bits per heavy atom. The first-order valence-corrected chi connectivity index (χ1v) is 6.50. The zero-order chi connectivity index (χ0) is 13.1. The zero-order valence-corrected chi connectivity index (χ0v) is 10.8. The Balaban J connectivity index is 2.03. The molecule has 0 aromatic heterocycles. The molecule has 3 N–H and O–H groups in total. The normalized spacial score (nSPS) is 25.3. The number of hydrogen-bond donors (Lipinski definition) is 2. The summed E-state index contributed by atoms with van der Waals surface area (Å²) in [5.41, 5.74) is 6.42. The van der Waals surface area contributed by atoms with E-state index in [1.807, 2.05) is 0 Å². The van der Waals surface area contributed by atoms with E-state index in [4.69, 9.17) is 5.73 Å². The van der Waals surface area contributed by atoms with E-state index in [0.29, 0.717) is 30.5 Å². The predicted molar refractivity (Wildman–Crippen MR) is 69.7 cm³/mol. The number of rotatable bonds is 3. The Kier molecular flexibility index (Phi) is 4.19. The molecule has 1 aliphatic rings. The maximum atomic E-state index is 13.2. The minimum Gasteiger partial charge on any atom is -0.508 e. The van der Waals surface area contributed by atoms with Crippen molar-refractivity contribution >= 4 is 0 Å². The predicted octanol–water partition coefficient (Wildman–Crippen LogP) is 1.95. The van der Waals surface area contributed by atoms with Crippen LogP contribution >= 0.6 is 0 Å². The van der Waals surface area contributed by atoms with Gasteiger partial charge in [-0.2, -0.15) is 0 Å². The van der Waals surface area contributed by atoms with E-state index in [0.717, 1.165) is 19.5 Å². The fourth-order valence-electron chi connectivity index (χ4n) is 2.60. The lowest BCUT2D eigenvalue weighted by molar-refractivity contribution is 0.125. The summed E-state index contributed by atoms with van der Waals surface area (Å²) in [4.78, 5) is 2.24. The number of nitrogens with two attached hydrogens (primary N) is 1. The smallest absolute Gasteiger partial charge is 0.123 e. The molecule has 1 saturated heterocycles. The molecular formula is C14H21FN2O. The largest absolute Gasteiger partial charge is 0.508 e. The summed E-state index contributed by atoms with van der Waals surface area (Å²) < 4.78 is 13.2. The van der Waals surface area contributed by atoms with Crippen LogP contribution in [0, 0.1) is 17.7 Å². The number of phenolic OH excluding ortho intramolecular Hbond substituents is 1. The van der Waals surface area contributed by atoms with Gasteiger partial charge in [-0.3, -0.25) is 4.90 Å². The first kappa shape index (κ1) is 13.3. The second-order valence-corrected chi connectivity index (χ2v) is 5.27. The lowest BCUT2D eigenvalue weighted by Gasteiger charge is -2.36. The van der Waals surface area contributed by atoms with E-state index in [1.54, 1.807) is 0 Å². The van der Waals surface area contributed by atoms with Gasteiger partial charge in [-0.05, 0) is 49.5 Å². The number of piperidine rings is 1. The van der Waals surface area contributed by atoms with E-state index in [2.05, 4.69) is 11.8 Å². The molecule has 4 heteroatoms. The summed E-state index contributed by atoms with van der Waals surface area (Å²) in [5, 5.41) is 9.72. The molecule has 0 aliphatic carbocycles. The highest BCUT2D eigenvalue weighted by atomic mass is 19.1. The lowest BCUT2D eigenvalue weighted by Crippen LogP contribution is -2.42. The molecule has 1 heterocycles. The molecule has 0 amide bonds. The molecule has 2 unspecified atom stereocenters. The van der Waals surface area contributed by atoms with Gasteiger partial charge < -0.3 is 10.8 Å². The van der Waals surface area contributed by atoms with Crippen LogP contribution in [-0.4, -0.2) is 29.6 Å². The van der Waals surface area contributed by atoms with Gasteiger partial charge in [0.2, 0.25) is 0 Å². The highest BCUT2D eigenvalue weighted by molar-refractivity contribution is 5.32. The third-order valence-corrected chi connectivity index (χ3v) is 3.94. The van der Waals surface area contributed by atoms with Gasteiger partial charge in [0.25, 0.3) is 0 Å². The van der Waals surface area contributed by atoms with E-state index in [1.165, 1.54) is 18.2 Å². The first-order chi connectivity index (χ1) is 8.60. The van der Waals surface area contributed by atoms with Crippen LogP contribution in [0.3, 0.4) is 0 Å². The number of likely N-dealkylation sites (tertiary alicyclic amines) is 1. The summed E-state index contributed by atoms with van der Waals surface area (Å²) in [6, 6.07) is 4.10. The van der Waals surface area contributed by atoms with Gasteiger partial charge in [-0.25, -0.2) is 4.39 Å².